The van der Waals surface area contributed by atoms with E-state index in [1.807, 2.05) is 13.8 Å². The Morgan fingerprint density at radius 3 is 2.50 bits per heavy atom. The molecule has 7 heteroatoms. The molecule has 0 bridgehead atoms. The molecule has 1 heterocycles. The summed E-state index contributed by atoms with van der Waals surface area (Å²) in [7, 11) is 1.62. The number of aromatic nitrogens is 2. The molecule has 0 aliphatic carbocycles. The number of amides is 2. The molecule has 0 saturated heterocycles. The maximum Gasteiger partial charge on any atom is 0.247 e. The summed E-state index contributed by atoms with van der Waals surface area (Å²) in [5.41, 5.74) is 5.38. The number of hydrogen-bond donors (Lipinski definition) is 2. The van der Waals surface area contributed by atoms with Crippen molar-refractivity contribution < 1.29 is 9.59 Å². The zero-order valence-electron chi connectivity index (χ0n) is 13.9. The van der Waals surface area contributed by atoms with E-state index in [9.17, 15) is 9.59 Å². The van der Waals surface area contributed by atoms with Crippen LogP contribution in [0.1, 0.15) is 39.7 Å². The molecule has 0 fully saturated rings. The monoisotopic (exact) mass is 309 g/mol. The Hall–Kier alpha value is -1.89. The normalized spacial score (nSPS) is 12.8. The lowest BCUT2D eigenvalue weighted by Crippen LogP contribution is -2.55. The molecule has 7 nitrogen and oxygen atoms in total. The van der Waals surface area contributed by atoms with Gasteiger partial charge in [0.15, 0.2) is 0 Å². The molecule has 1 aromatic heterocycles. The van der Waals surface area contributed by atoms with Crippen LogP contribution >= 0.6 is 0 Å². The van der Waals surface area contributed by atoms with Crippen LogP contribution in [0.3, 0.4) is 0 Å². The highest BCUT2D eigenvalue weighted by Crippen LogP contribution is 2.13. The Kier molecular flexibility index (Phi) is 6.55. The van der Waals surface area contributed by atoms with Gasteiger partial charge in [0.05, 0.1) is 12.1 Å². The molecule has 1 atom stereocenters. The summed E-state index contributed by atoms with van der Waals surface area (Å²) in [5, 5.41) is 7.01. The van der Waals surface area contributed by atoms with E-state index >= 15 is 0 Å². The van der Waals surface area contributed by atoms with Crippen LogP contribution in [0.15, 0.2) is 18.5 Å². The van der Waals surface area contributed by atoms with E-state index in [1.165, 1.54) is 4.90 Å². The third kappa shape index (κ3) is 4.30. The summed E-state index contributed by atoms with van der Waals surface area (Å²) in [6.45, 7) is 6.13. The van der Waals surface area contributed by atoms with Gasteiger partial charge in [-0.25, -0.2) is 0 Å². The van der Waals surface area contributed by atoms with Crippen LogP contribution in [-0.4, -0.2) is 52.2 Å². The van der Waals surface area contributed by atoms with Gasteiger partial charge in [0.2, 0.25) is 11.8 Å². The van der Waals surface area contributed by atoms with Gasteiger partial charge in [0, 0.05) is 26.0 Å². The minimum Gasteiger partial charge on any atom is -0.348 e. The summed E-state index contributed by atoms with van der Waals surface area (Å²) in [5.74, 6) is -0.358. The zero-order valence-corrected chi connectivity index (χ0v) is 13.9. The summed E-state index contributed by atoms with van der Waals surface area (Å²) >= 11 is 0. The van der Waals surface area contributed by atoms with Crippen molar-refractivity contribution in [1.29, 1.82) is 0 Å². The lowest BCUT2D eigenvalue weighted by molar-refractivity contribution is -0.137. The number of likely N-dealkylation sites (N-methyl/N-ethyl adjacent to an activating group) is 1. The molecule has 124 valence electrons. The standard InChI is InChI=1S/C15H27N5O2/c1-5-15(6-2,11-16)18-13(21)10-19(4)14(22)12(3)20-9-7-8-17-20/h7-9,12H,5-6,10-11,16H2,1-4H3,(H,18,21). The van der Waals surface area contributed by atoms with E-state index in [0.717, 1.165) is 12.8 Å². The molecule has 1 rings (SSSR count). The Labute approximate surface area is 131 Å². The fourth-order valence-corrected chi connectivity index (χ4v) is 2.34. The van der Waals surface area contributed by atoms with Gasteiger partial charge in [-0.1, -0.05) is 13.8 Å². The van der Waals surface area contributed by atoms with Crippen LogP contribution in [0.4, 0.5) is 0 Å². The van der Waals surface area contributed by atoms with Crippen LogP contribution < -0.4 is 11.1 Å². The average Bonchev–Trinajstić information content (AvgIpc) is 3.05. The van der Waals surface area contributed by atoms with Crippen molar-refractivity contribution in [2.75, 3.05) is 20.1 Å². The minimum absolute atomic E-state index is 0.00614. The molecule has 2 amide bonds. The van der Waals surface area contributed by atoms with Crippen molar-refractivity contribution in [3.05, 3.63) is 18.5 Å². The first kappa shape index (κ1) is 18.2. The van der Waals surface area contributed by atoms with Crippen LogP contribution in [-0.2, 0) is 9.59 Å². The second kappa shape index (κ2) is 7.93. The lowest BCUT2D eigenvalue weighted by Gasteiger charge is -2.32. The highest BCUT2D eigenvalue weighted by atomic mass is 16.2. The van der Waals surface area contributed by atoms with Crippen LogP contribution in [0.25, 0.3) is 0 Å². The number of carbonyl (C=O) groups is 2. The molecule has 22 heavy (non-hydrogen) atoms. The number of nitrogens with zero attached hydrogens (tertiary/aromatic N) is 3. The molecular weight excluding hydrogens is 282 g/mol. The third-order valence-electron chi connectivity index (χ3n) is 4.18. The summed E-state index contributed by atoms with van der Waals surface area (Å²) in [6, 6.07) is 1.32. The molecule has 1 aromatic rings. The highest BCUT2D eigenvalue weighted by Gasteiger charge is 2.28. The summed E-state index contributed by atoms with van der Waals surface area (Å²) in [4.78, 5) is 25.9. The Balaban J connectivity index is 2.62. The van der Waals surface area contributed by atoms with Crippen molar-refractivity contribution in [3.8, 4) is 0 Å². The van der Waals surface area contributed by atoms with Gasteiger partial charge in [-0.2, -0.15) is 5.10 Å². The fraction of sp³-hybridized carbons (Fsp3) is 0.667. The first-order chi connectivity index (χ1) is 10.4. The summed E-state index contributed by atoms with van der Waals surface area (Å²) in [6.07, 6.45) is 4.86. The number of carbonyl (C=O) groups excluding carboxylic acids is 2. The number of nitrogens with two attached hydrogens (primary N) is 1. The second-order valence-electron chi connectivity index (χ2n) is 5.60. The van der Waals surface area contributed by atoms with E-state index in [-0.39, 0.29) is 18.4 Å². The SMILES string of the molecule is CCC(CC)(CN)NC(=O)CN(C)C(=O)C(C)n1cccn1. The number of rotatable bonds is 8. The van der Waals surface area contributed by atoms with Crippen molar-refractivity contribution in [3.63, 3.8) is 0 Å². The summed E-state index contributed by atoms with van der Waals surface area (Å²) < 4.78 is 1.57. The second-order valence-corrected chi connectivity index (χ2v) is 5.60. The minimum atomic E-state index is -0.440. The molecule has 0 spiro atoms. The van der Waals surface area contributed by atoms with E-state index in [4.69, 9.17) is 5.73 Å². The number of nitrogens with one attached hydrogen (secondary N) is 1. The smallest absolute Gasteiger partial charge is 0.247 e. The molecule has 0 aliphatic rings. The van der Waals surface area contributed by atoms with Gasteiger partial charge in [-0.3, -0.25) is 14.3 Å². The van der Waals surface area contributed by atoms with E-state index in [1.54, 1.807) is 37.1 Å². The lowest BCUT2D eigenvalue weighted by atomic mass is 9.93. The Bertz CT molecular complexity index is 474. The first-order valence-corrected chi connectivity index (χ1v) is 7.64. The molecule has 0 aromatic carbocycles. The van der Waals surface area contributed by atoms with Crippen molar-refractivity contribution in [1.82, 2.24) is 20.0 Å². The largest absolute Gasteiger partial charge is 0.348 e. The molecule has 3 N–H and O–H groups in total. The Morgan fingerprint density at radius 2 is 2.05 bits per heavy atom. The van der Waals surface area contributed by atoms with Crippen molar-refractivity contribution >= 4 is 11.8 Å². The maximum absolute atomic E-state index is 12.3. The fourth-order valence-electron chi connectivity index (χ4n) is 2.34. The quantitative estimate of drug-likeness (QED) is 0.733. The van der Waals surface area contributed by atoms with Gasteiger partial charge in [-0.15, -0.1) is 0 Å². The third-order valence-corrected chi connectivity index (χ3v) is 4.18. The zero-order chi connectivity index (χ0) is 16.8. The predicted octanol–water partition coefficient (Wildman–Crippen LogP) is 0.536. The molecule has 0 aliphatic heterocycles. The molecule has 0 saturated carbocycles. The average molecular weight is 309 g/mol. The first-order valence-electron chi connectivity index (χ1n) is 7.64. The maximum atomic E-state index is 12.3. The highest BCUT2D eigenvalue weighted by molar-refractivity contribution is 5.86. The predicted molar refractivity (Wildman–Crippen MR) is 85.1 cm³/mol. The van der Waals surface area contributed by atoms with Crippen LogP contribution in [0, 0.1) is 0 Å². The van der Waals surface area contributed by atoms with Gasteiger partial charge in [0.25, 0.3) is 0 Å². The topological polar surface area (TPSA) is 93.3 Å². The molecule has 0 radical (unpaired) electrons. The van der Waals surface area contributed by atoms with Gasteiger partial charge in [0.1, 0.15) is 6.04 Å². The van der Waals surface area contributed by atoms with Gasteiger partial charge < -0.3 is 16.0 Å². The van der Waals surface area contributed by atoms with Crippen LogP contribution in [0.2, 0.25) is 0 Å². The molecule has 1 unspecified atom stereocenters. The van der Waals surface area contributed by atoms with Gasteiger partial charge >= 0.3 is 0 Å². The van der Waals surface area contributed by atoms with E-state index in [0.29, 0.717) is 6.54 Å². The van der Waals surface area contributed by atoms with E-state index < -0.39 is 11.6 Å². The van der Waals surface area contributed by atoms with Crippen LogP contribution in [0.5, 0.6) is 0 Å². The van der Waals surface area contributed by atoms with E-state index in [2.05, 4.69) is 10.4 Å². The van der Waals surface area contributed by atoms with Crippen molar-refractivity contribution in [2.24, 2.45) is 5.73 Å². The number of hydrogen-bond acceptors (Lipinski definition) is 4. The Morgan fingerprint density at radius 1 is 1.41 bits per heavy atom. The van der Waals surface area contributed by atoms with Gasteiger partial charge in [-0.05, 0) is 25.8 Å². The molecular formula is C15H27N5O2. The van der Waals surface area contributed by atoms with Crippen molar-refractivity contribution in [2.45, 2.75) is 45.2 Å².